The number of hydrogen-bond acceptors (Lipinski definition) is 4. The van der Waals surface area contributed by atoms with Crippen molar-refractivity contribution in [3.8, 4) is 0 Å². The van der Waals surface area contributed by atoms with E-state index in [0.29, 0.717) is 6.54 Å². The Balaban J connectivity index is 2.11. The van der Waals surface area contributed by atoms with Gasteiger partial charge >= 0.3 is 0 Å². The molecule has 5 nitrogen and oxygen atoms in total. The van der Waals surface area contributed by atoms with Crippen LogP contribution in [0.2, 0.25) is 0 Å². The molecule has 0 aliphatic carbocycles. The second kappa shape index (κ2) is 5.75. The molecule has 0 saturated heterocycles. The number of pyridine rings is 1. The van der Waals surface area contributed by atoms with Gasteiger partial charge in [0, 0.05) is 32.5 Å². The molecule has 2 rings (SSSR count). The predicted molar refractivity (Wildman–Crippen MR) is 70.7 cm³/mol. The zero-order valence-corrected chi connectivity index (χ0v) is 10.8. The first kappa shape index (κ1) is 12.7. The van der Waals surface area contributed by atoms with E-state index in [1.807, 2.05) is 42.2 Å². The average Bonchev–Trinajstić information content (AvgIpc) is 2.78. The normalized spacial score (nSPS) is 12.9. The van der Waals surface area contributed by atoms with Crippen LogP contribution in [0.1, 0.15) is 17.4 Å². The Bertz CT molecular complexity index is 479. The average molecular weight is 245 g/mol. The minimum Gasteiger partial charge on any atom is -0.336 e. The summed E-state index contributed by atoms with van der Waals surface area (Å²) in [6.45, 7) is 1.33. The summed E-state index contributed by atoms with van der Waals surface area (Å²) in [6.07, 6.45) is 5.48. The zero-order chi connectivity index (χ0) is 13.0. The molecule has 0 fully saturated rings. The van der Waals surface area contributed by atoms with Crippen LogP contribution in [0.3, 0.4) is 0 Å². The Labute approximate surface area is 107 Å². The van der Waals surface area contributed by atoms with Gasteiger partial charge < -0.3 is 10.3 Å². The van der Waals surface area contributed by atoms with Crippen LogP contribution in [0.5, 0.6) is 0 Å². The lowest BCUT2D eigenvalue weighted by Gasteiger charge is -2.26. The highest BCUT2D eigenvalue weighted by molar-refractivity contribution is 5.08. The molecule has 0 aromatic carbocycles. The highest BCUT2D eigenvalue weighted by Crippen LogP contribution is 2.18. The van der Waals surface area contributed by atoms with E-state index in [4.69, 9.17) is 5.73 Å². The van der Waals surface area contributed by atoms with Gasteiger partial charge in [0.2, 0.25) is 0 Å². The van der Waals surface area contributed by atoms with E-state index >= 15 is 0 Å². The van der Waals surface area contributed by atoms with Crippen molar-refractivity contribution in [2.45, 2.75) is 12.6 Å². The molecule has 2 heterocycles. The van der Waals surface area contributed by atoms with Gasteiger partial charge in [0.1, 0.15) is 0 Å². The number of nitrogens with zero attached hydrogens (tertiary/aromatic N) is 4. The summed E-state index contributed by atoms with van der Waals surface area (Å²) in [5.41, 5.74) is 8.05. The number of nitrogens with two attached hydrogens (primary N) is 1. The topological polar surface area (TPSA) is 60.0 Å². The van der Waals surface area contributed by atoms with E-state index in [1.54, 1.807) is 6.33 Å². The monoisotopic (exact) mass is 245 g/mol. The van der Waals surface area contributed by atoms with Crippen molar-refractivity contribution in [2.24, 2.45) is 12.8 Å². The lowest BCUT2D eigenvalue weighted by Crippen LogP contribution is -2.31. The number of rotatable bonds is 5. The Morgan fingerprint density at radius 2 is 2.28 bits per heavy atom. The van der Waals surface area contributed by atoms with Crippen LogP contribution in [-0.4, -0.2) is 33.0 Å². The maximum Gasteiger partial charge on any atom is 0.0946 e. The third-order valence-corrected chi connectivity index (χ3v) is 3.09. The highest BCUT2D eigenvalue weighted by atomic mass is 15.2. The fourth-order valence-electron chi connectivity index (χ4n) is 2.07. The van der Waals surface area contributed by atoms with E-state index in [1.165, 1.54) is 0 Å². The second-order valence-electron chi connectivity index (χ2n) is 4.42. The van der Waals surface area contributed by atoms with Gasteiger partial charge in [-0.05, 0) is 19.2 Å². The Hall–Kier alpha value is -1.72. The van der Waals surface area contributed by atoms with Gasteiger partial charge in [-0.15, -0.1) is 0 Å². The summed E-state index contributed by atoms with van der Waals surface area (Å²) in [7, 11) is 4.04. The van der Waals surface area contributed by atoms with Crippen molar-refractivity contribution >= 4 is 0 Å². The first-order chi connectivity index (χ1) is 8.72. The summed E-state index contributed by atoms with van der Waals surface area (Å²) < 4.78 is 2.01. The molecule has 0 radical (unpaired) electrons. The molecule has 5 heteroatoms. The Kier molecular flexibility index (Phi) is 4.07. The maximum atomic E-state index is 5.88. The third-order valence-electron chi connectivity index (χ3n) is 3.09. The molecule has 0 amide bonds. The van der Waals surface area contributed by atoms with Gasteiger partial charge in [0.15, 0.2) is 0 Å². The van der Waals surface area contributed by atoms with Crippen LogP contribution < -0.4 is 5.73 Å². The lowest BCUT2D eigenvalue weighted by atomic mass is 10.2. The van der Waals surface area contributed by atoms with E-state index in [0.717, 1.165) is 17.9 Å². The fourth-order valence-corrected chi connectivity index (χ4v) is 2.07. The van der Waals surface area contributed by atoms with Gasteiger partial charge in [-0.3, -0.25) is 9.88 Å². The molecule has 2 aromatic rings. The van der Waals surface area contributed by atoms with Crippen LogP contribution >= 0.6 is 0 Å². The fraction of sp³-hybridized carbons (Fsp3) is 0.385. The minimum absolute atomic E-state index is 0.152. The molecule has 1 unspecified atom stereocenters. The van der Waals surface area contributed by atoms with E-state index in [-0.39, 0.29) is 6.04 Å². The van der Waals surface area contributed by atoms with Crippen molar-refractivity contribution in [2.75, 3.05) is 13.6 Å². The number of hydrogen-bond donors (Lipinski definition) is 1. The van der Waals surface area contributed by atoms with Crippen LogP contribution in [0.15, 0.2) is 36.9 Å². The van der Waals surface area contributed by atoms with Gasteiger partial charge in [-0.25, -0.2) is 4.98 Å². The molecule has 0 saturated carbocycles. The van der Waals surface area contributed by atoms with Crippen LogP contribution in [0.4, 0.5) is 0 Å². The zero-order valence-electron chi connectivity index (χ0n) is 10.8. The predicted octanol–water partition coefficient (Wildman–Crippen LogP) is 0.947. The number of aryl methyl sites for hydroxylation is 1. The number of aromatic nitrogens is 3. The second-order valence-corrected chi connectivity index (χ2v) is 4.42. The summed E-state index contributed by atoms with van der Waals surface area (Å²) >= 11 is 0. The molecule has 2 N–H and O–H groups in total. The van der Waals surface area contributed by atoms with Crippen molar-refractivity contribution in [1.82, 2.24) is 19.4 Å². The number of likely N-dealkylation sites (N-methyl/N-ethyl adjacent to an activating group) is 1. The van der Waals surface area contributed by atoms with Crippen molar-refractivity contribution < 1.29 is 0 Å². The van der Waals surface area contributed by atoms with Crippen LogP contribution in [-0.2, 0) is 13.6 Å². The first-order valence-corrected chi connectivity index (χ1v) is 5.98. The van der Waals surface area contributed by atoms with Crippen molar-refractivity contribution in [1.29, 1.82) is 0 Å². The van der Waals surface area contributed by atoms with Crippen molar-refractivity contribution in [3.05, 3.63) is 48.3 Å². The molecule has 1 atom stereocenters. The molecule has 18 heavy (non-hydrogen) atoms. The molecule has 0 aliphatic heterocycles. The Morgan fingerprint density at radius 3 is 2.83 bits per heavy atom. The molecule has 0 aliphatic rings. The lowest BCUT2D eigenvalue weighted by molar-refractivity contribution is 0.231. The van der Waals surface area contributed by atoms with Crippen LogP contribution in [0.25, 0.3) is 0 Å². The Morgan fingerprint density at radius 1 is 1.44 bits per heavy atom. The van der Waals surface area contributed by atoms with Crippen molar-refractivity contribution in [3.63, 3.8) is 0 Å². The third kappa shape index (κ3) is 2.75. The van der Waals surface area contributed by atoms with Gasteiger partial charge in [0.05, 0.1) is 23.8 Å². The van der Waals surface area contributed by atoms with E-state index < -0.39 is 0 Å². The standard InChI is InChI=1S/C13H19N5/c1-17(9-11-5-3-4-6-16-11)12(7-14)13-8-15-10-18(13)2/h3-6,8,10,12H,7,9,14H2,1-2H3. The van der Waals surface area contributed by atoms with Gasteiger partial charge in [-0.2, -0.15) is 0 Å². The largest absolute Gasteiger partial charge is 0.336 e. The molecular weight excluding hydrogens is 226 g/mol. The molecule has 2 aromatic heterocycles. The van der Waals surface area contributed by atoms with Gasteiger partial charge in [0.25, 0.3) is 0 Å². The minimum atomic E-state index is 0.152. The molecular formula is C13H19N5. The van der Waals surface area contributed by atoms with Gasteiger partial charge in [-0.1, -0.05) is 6.07 Å². The molecule has 0 bridgehead atoms. The summed E-state index contributed by atoms with van der Waals surface area (Å²) in [4.78, 5) is 10.7. The van der Waals surface area contributed by atoms with E-state index in [9.17, 15) is 0 Å². The highest BCUT2D eigenvalue weighted by Gasteiger charge is 2.18. The first-order valence-electron chi connectivity index (χ1n) is 5.98. The number of imidazole rings is 1. The molecule has 96 valence electrons. The SMILES string of the molecule is CN(Cc1ccccn1)C(CN)c1cncn1C. The summed E-state index contributed by atoms with van der Waals surface area (Å²) in [6, 6.07) is 6.09. The van der Waals surface area contributed by atoms with Crippen LogP contribution in [0, 0.1) is 0 Å². The summed E-state index contributed by atoms with van der Waals surface area (Å²) in [5.74, 6) is 0. The molecule has 0 spiro atoms. The van der Waals surface area contributed by atoms with E-state index in [2.05, 4.69) is 21.9 Å². The summed E-state index contributed by atoms with van der Waals surface area (Å²) in [5, 5.41) is 0. The quantitative estimate of drug-likeness (QED) is 0.852. The maximum absolute atomic E-state index is 5.88. The smallest absolute Gasteiger partial charge is 0.0946 e.